The van der Waals surface area contributed by atoms with E-state index in [0.717, 1.165) is 5.56 Å². The van der Waals surface area contributed by atoms with Gasteiger partial charge in [-0.3, -0.25) is 4.79 Å². The van der Waals surface area contributed by atoms with Gasteiger partial charge in [-0.1, -0.05) is 18.2 Å². The van der Waals surface area contributed by atoms with Crippen LogP contribution in [-0.4, -0.2) is 19.0 Å². The van der Waals surface area contributed by atoms with Crippen LogP contribution in [-0.2, 0) is 6.54 Å². The van der Waals surface area contributed by atoms with Gasteiger partial charge in [-0.15, -0.1) is 0 Å². The predicted molar refractivity (Wildman–Crippen MR) is 83.8 cm³/mol. The van der Waals surface area contributed by atoms with Crippen molar-refractivity contribution in [2.45, 2.75) is 6.54 Å². The molecule has 2 aromatic carbocycles. The largest absolute Gasteiger partial charge is 0.497 e. The minimum Gasteiger partial charge on any atom is -0.497 e. The van der Waals surface area contributed by atoms with Crippen molar-refractivity contribution >= 4 is 17.6 Å². The van der Waals surface area contributed by atoms with Gasteiger partial charge in [0.05, 0.1) is 7.11 Å². The van der Waals surface area contributed by atoms with E-state index in [-0.39, 0.29) is 5.91 Å². The van der Waals surface area contributed by atoms with E-state index >= 15 is 0 Å². The van der Waals surface area contributed by atoms with Crippen molar-refractivity contribution in [3.05, 3.63) is 59.7 Å². The summed E-state index contributed by atoms with van der Waals surface area (Å²) in [5.41, 5.74) is 7.08. The van der Waals surface area contributed by atoms with Crippen LogP contribution in [0.25, 0.3) is 0 Å². The normalized spacial score (nSPS) is 9.86. The van der Waals surface area contributed by atoms with E-state index in [4.69, 9.17) is 10.5 Å². The average molecular weight is 299 g/mol. The minimum atomic E-state index is -0.612. The van der Waals surface area contributed by atoms with Gasteiger partial charge in [-0.2, -0.15) is 0 Å². The SMILES string of the molecule is COc1cccc(C(=O)NCc2ccc(NC(N)=O)cc2)c1. The number of anilines is 1. The zero-order chi connectivity index (χ0) is 15.9. The maximum absolute atomic E-state index is 12.1. The first-order valence-electron chi connectivity index (χ1n) is 6.66. The third kappa shape index (κ3) is 4.24. The van der Waals surface area contributed by atoms with Crippen molar-refractivity contribution in [1.82, 2.24) is 5.32 Å². The molecule has 0 saturated heterocycles. The molecule has 0 unspecified atom stereocenters. The van der Waals surface area contributed by atoms with Crippen LogP contribution in [0.5, 0.6) is 5.75 Å². The van der Waals surface area contributed by atoms with Gasteiger partial charge < -0.3 is 21.1 Å². The van der Waals surface area contributed by atoms with Gasteiger partial charge >= 0.3 is 6.03 Å². The molecule has 3 amide bonds. The third-order valence-electron chi connectivity index (χ3n) is 3.01. The Kier molecular flexibility index (Phi) is 4.98. The number of carbonyl (C=O) groups is 2. The molecule has 0 bridgehead atoms. The van der Waals surface area contributed by atoms with Crippen LogP contribution in [0.1, 0.15) is 15.9 Å². The minimum absolute atomic E-state index is 0.182. The quantitative estimate of drug-likeness (QED) is 0.789. The summed E-state index contributed by atoms with van der Waals surface area (Å²) in [6.07, 6.45) is 0. The van der Waals surface area contributed by atoms with E-state index < -0.39 is 6.03 Å². The highest BCUT2D eigenvalue weighted by atomic mass is 16.5. The molecule has 0 aliphatic heterocycles. The van der Waals surface area contributed by atoms with E-state index in [1.54, 1.807) is 55.6 Å². The lowest BCUT2D eigenvalue weighted by Crippen LogP contribution is -2.23. The van der Waals surface area contributed by atoms with Gasteiger partial charge in [0.25, 0.3) is 5.91 Å². The topological polar surface area (TPSA) is 93.4 Å². The van der Waals surface area contributed by atoms with Crippen LogP contribution < -0.4 is 21.1 Å². The van der Waals surface area contributed by atoms with Gasteiger partial charge in [-0.25, -0.2) is 4.79 Å². The van der Waals surface area contributed by atoms with Crippen molar-refractivity contribution in [3.8, 4) is 5.75 Å². The molecule has 22 heavy (non-hydrogen) atoms. The van der Waals surface area contributed by atoms with E-state index in [0.29, 0.717) is 23.5 Å². The molecule has 0 atom stereocenters. The molecule has 6 nitrogen and oxygen atoms in total. The second kappa shape index (κ2) is 7.12. The fourth-order valence-electron chi connectivity index (χ4n) is 1.90. The second-order valence-corrected chi connectivity index (χ2v) is 4.60. The summed E-state index contributed by atoms with van der Waals surface area (Å²) < 4.78 is 5.09. The standard InChI is InChI=1S/C16H17N3O3/c1-22-14-4-2-3-12(9-14)15(20)18-10-11-5-7-13(8-6-11)19-16(17)21/h2-9H,10H2,1H3,(H,18,20)(H3,17,19,21). The molecule has 2 rings (SSSR count). The Morgan fingerprint density at radius 3 is 2.50 bits per heavy atom. The summed E-state index contributed by atoms with van der Waals surface area (Å²) in [6.45, 7) is 0.382. The van der Waals surface area contributed by atoms with Crippen molar-refractivity contribution in [2.24, 2.45) is 5.73 Å². The molecule has 0 saturated carbocycles. The molecule has 114 valence electrons. The highest BCUT2D eigenvalue weighted by Gasteiger charge is 2.06. The second-order valence-electron chi connectivity index (χ2n) is 4.60. The Balaban J connectivity index is 1.94. The number of amides is 3. The van der Waals surface area contributed by atoms with Crippen LogP contribution in [0.15, 0.2) is 48.5 Å². The first kappa shape index (κ1) is 15.4. The lowest BCUT2D eigenvalue weighted by Gasteiger charge is -2.08. The van der Waals surface area contributed by atoms with E-state index in [2.05, 4.69) is 10.6 Å². The molecular weight excluding hydrogens is 282 g/mol. The number of primary amides is 1. The Morgan fingerprint density at radius 1 is 1.14 bits per heavy atom. The summed E-state index contributed by atoms with van der Waals surface area (Å²) in [5, 5.41) is 5.29. The smallest absolute Gasteiger partial charge is 0.316 e. The molecule has 0 radical (unpaired) electrons. The van der Waals surface area contributed by atoms with Crippen LogP contribution in [0, 0.1) is 0 Å². The number of hydrogen-bond donors (Lipinski definition) is 3. The summed E-state index contributed by atoms with van der Waals surface area (Å²) in [5.74, 6) is 0.452. The van der Waals surface area contributed by atoms with E-state index in [9.17, 15) is 9.59 Å². The van der Waals surface area contributed by atoms with Crippen molar-refractivity contribution < 1.29 is 14.3 Å². The van der Waals surface area contributed by atoms with E-state index in [1.807, 2.05) is 0 Å². The number of methoxy groups -OCH3 is 1. The van der Waals surface area contributed by atoms with Gasteiger partial charge in [-0.05, 0) is 35.9 Å². The number of ether oxygens (including phenoxy) is 1. The van der Waals surface area contributed by atoms with Crippen molar-refractivity contribution in [1.29, 1.82) is 0 Å². The maximum atomic E-state index is 12.1. The Hall–Kier alpha value is -3.02. The van der Waals surface area contributed by atoms with Gasteiger partial charge in [0.1, 0.15) is 5.75 Å². The van der Waals surface area contributed by atoms with Crippen molar-refractivity contribution in [2.75, 3.05) is 12.4 Å². The fourth-order valence-corrected chi connectivity index (χ4v) is 1.90. The molecule has 0 fully saturated rings. The molecule has 0 heterocycles. The number of nitrogens with two attached hydrogens (primary N) is 1. The molecular formula is C16H17N3O3. The number of carbonyl (C=O) groups excluding carboxylic acids is 2. The van der Waals surface area contributed by atoms with Gasteiger partial charge in [0, 0.05) is 17.8 Å². The summed E-state index contributed by atoms with van der Waals surface area (Å²) in [6, 6.07) is 13.4. The average Bonchev–Trinajstić information content (AvgIpc) is 2.53. The first-order valence-corrected chi connectivity index (χ1v) is 6.66. The number of rotatable bonds is 5. The van der Waals surface area contributed by atoms with E-state index in [1.165, 1.54) is 0 Å². The summed E-state index contributed by atoms with van der Waals surface area (Å²) in [7, 11) is 1.55. The number of urea groups is 1. The monoisotopic (exact) mass is 299 g/mol. The highest BCUT2D eigenvalue weighted by molar-refractivity contribution is 5.94. The Labute approximate surface area is 128 Å². The predicted octanol–water partition coefficient (Wildman–Crippen LogP) is 2.12. The summed E-state index contributed by atoms with van der Waals surface area (Å²) in [4.78, 5) is 22.8. The summed E-state index contributed by atoms with van der Waals surface area (Å²) >= 11 is 0. The maximum Gasteiger partial charge on any atom is 0.316 e. The van der Waals surface area contributed by atoms with Gasteiger partial charge in [0.15, 0.2) is 0 Å². The molecule has 6 heteroatoms. The fraction of sp³-hybridized carbons (Fsp3) is 0.125. The van der Waals surface area contributed by atoms with Crippen LogP contribution in [0.3, 0.4) is 0 Å². The Morgan fingerprint density at radius 2 is 1.86 bits per heavy atom. The third-order valence-corrected chi connectivity index (χ3v) is 3.01. The number of benzene rings is 2. The molecule has 0 aromatic heterocycles. The molecule has 0 aliphatic rings. The first-order chi connectivity index (χ1) is 10.6. The number of hydrogen-bond acceptors (Lipinski definition) is 3. The zero-order valence-electron chi connectivity index (χ0n) is 12.1. The molecule has 4 N–H and O–H groups in total. The molecule has 0 aliphatic carbocycles. The molecule has 0 spiro atoms. The van der Waals surface area contributed by atoms with Crippen LogP contribution in [0.4, 0.5) is 10.5 Å². The van der Waals surface area contributed by atoms with Crippen LogP contribution in [0.2, 0.25) is 0 Å². The lowest BCUT2D eigenvalue weighted by atomic mass is 10.1. The lowest BCUT2D eigenvalue weighted by molar-refractivity contribution is 0.0950. The number of nitrogens with one attached hydrogen (secondary N) is 2. The van der Waals surface area contributed by atoms with Gasteiger partial charge in [0.2, 0.25) is 0 Å². The van der Waals surface area contributed by atoms with Crippen LogP contribution >= 0.6 is 0 Å². The Bertz CT molecular complexity index is 669. The zero-order valence-corrected chi connectivity index (χ0v) is 12.1. The highest BCUT2D eigenvalue weighted by Crippen LogP contribution is 2.13. The van der Waals surface area contributed by atoms with Crippen molar-refractivity contribution in [3.63, 3.8) is 0 Å². The molecule has 2 aromatic rings.